The molecule has 1 aliphatic carbocycles. The Hall–Kier alpha value is -3.35. The highest BCUT2D eigenvalue weighted by molar-refractivity contribution is 6.07. The molecule has 31 heavy (non-hydrogen) atoms. The molecule has 1 fully saturated rings. The number of para-hydroxylation sites is 1. The van der Waals surface area contributed by atoms with Gasteiger partial charge in [0.25, 0.3) is 5.91 Å². The number of carbonyl (C=O) groups excluding carboxylic acids is 3. The van der Waals surface area contributed by atoms with Crippen LogP contribution in [0.15, 0.2) is 60.0 Å². The Morgan fingerprint density at radius 1 is 0.935 bits per heavy atom. The summed E-state index contributed by atoms with van der Waals surface area (Å²) in [6.45, 7) is 0. The van der Waals surface area contributed by atoms with Crippen LogP contribution >= 0.6 is 0 Å². The van der Waals surface area contributed by atoms with E-state index >= 15 is 0 Å². The van der Waals surface area contributed by atoms with Crippen molar-refractivity contribution < 1.29 is 23.9 Å². The second-order valence-electron chi connectivity index (χ2n) is 7.50. The zero-order valence-corrected chi connectivity index (χ0v) is 17.9. The molecule has 1 N–H and O–H groups in total. The van der Waals surface area contributed by atoms with Crippen LogP contribution in [0.5, 0.6) is 0 Å². The van der Waals surface area contributed by atoms with Crippen LogP contribution in [0.3, 0.4) is 0 Å². The summed E-state index contributed by atoms with van der Waals surface area (Å²) in [5.74, 6) is -1.60. The number of nitrogens with one attached hydrogen (secondary N) is 1. The average Bonchev–Trinajstić information content (AvgIpc) is 3.19. The quantitative estimate of drug-likeness (QED) is 0.574. The van der Waals surface area contributed by atoms with Crippen LogP contribution < -0.4 is 10.2 Å². The van der Waals surface area contributed by atoms with Gasteiger partial charge in [0.2, 0.25) is 0 Å². The van der Waals surface area contributed by atoms with E-state index in [0.717, 1.165) is 25.7 Å². The van der Waals surface area contributed by atoms with Crippen molar-refractivity contribution in [2.75, 3.05) is 19.1 Å². The number of ether oxygens (including phenoxy) is 2. The normalized spacial score (nSPS) is 17.0. The van der Waals surface area contributed by atoms with Crippen molar-refractivity contribution >= 4 is 23.5 Å². The van der Waals surface area contributed by atoms with E-state index in [4.69, 9.17) is 9.47 Å². The maximum atomic E-state index is 13.2. The first-order valence-corrected chi connectivity index (χ1v) is 10.5. The highest BCUT2D eigenvalue weighted by Crippen LogP contribution is 2.29. The zero-order chi connectivity index (χ0) is 22.2. The molecule has 0 saturated heterocycles. The van der Waals surface area contributed by atoms with E-state index in [9.17, 15) is 14.4 Å². The lowest BCUT2D eigenvalue weighted by molar-refractivity contribution is -0.139. The van der Waals surface area contributed by atoms with Gasteiger partial charge in [-0.25, -0.2) is 9.59 Å². The topological polar surface area (TPSA) is 84.9 Å². The molecule has 1 aromatic carbocycles. The summed E-state index contributed by atoms with van der Waals surface area (Å²) in [6.07, 6.45) is 12.9. The number of hydrogen-bond donors (Lipinski definition) is 1. The highest BCUT2D eigenvalue weighted by Gasteiger charge is 2.29. The Balaban J connectivity index is 2.01. The Morgan fingerprint density at radius 3 is 2.29 bits per heavy atom. The monoisotopic (exact) mass is 424 g/mol. The second-order valence-corrected chi connectivity index (χ2v) is 7.50. The van der Waals surface area contributed by atoms with Gasteiger partial charge in [0.15, 0.2) is 0 Å². The van der Waals surface area contributed by atoms with Crippen LogP contribution in [0.1, 0.15) is 48.9 Å². The van der Waals surface area contributed by atoms with Gasteiger partial charge in [-0.05, 0) is 37.1 Å². The average molecular weight is 424 g/mol. The van der Waals surface area contributed by atoms with Crippen molar-refractivity contribution in [3.8, 4) is 0 Å². The molecule has 0 spiro atoms. The summed E-state index contributed by atoms with van der Waals surface area (Å²) in [5, 5.41) is 3.14. The third-order valence-electron chi connectivity index (χ3n) is 5.49. The van der Waals surface area contributed by atoms with Crippen LogP contribution in [0.25, 0.3) is 0 Å². The first kappa shape index (κ1) is 22.3. The van der Waals surface area contributed by atoms with Crippen molar-refractivity contribution in [1.29, 1.82) is 0 Å². The number of allylic oxidation sites excluding steroid dienone is 2. The lowest BCUT2D eigenvalue weighted by Gasteiger charge is -2.26. The summed E-state index contributed by atoms with van der Waals surface area (Å²) < 4.78 is 9.80. The number of rotatable bonds is 5. The van der Waals surface area contributed by atoms with E-state index in [0.29, 0.717) is 11.3 Å². The number of esters is 2. The third kappa shape index (κ3) is 5.23. The maximum Gasteiger partial charge on any atom is 0.355 e. The first-order chi connectivity index (χ1) is 15.1. The van der Waals surface area contributed by atoms with E-state index in [1.807, 2.05) is 0 Å². The minimum absolute atomic E-state index is 0.0194. The fourth-order valence-electron chi connectivity index (χ4n) is 3.91. The highest BCUT2D eigenvalue weighted by atomic mass is 16.5. The number of benzene rings is 1. The fraction of sp³-hybridized carbons (Fsp3) is 0.375. The number of hydrogen-bond acceptors (Lipinski definition) is 6. The van der Waals surface area contributed by atoms with Crippen molar-refractivity contribution in [2.24, 2.45) is 0 Å². The van der Waals surface area contributed by atoms with E-state index < -0.39 is 11.9 Å². The molecule has 1 aromatic rings. The Morgan fingerprint density at radius 2 is 1.61 bits per heavy atom. The van der Waals surface area contributed by atoms with Gasteiger partial charge in [0, 0.05) is 12.2 Å². The summed E-state index contributed by atoms with van der Waals surface area (Å²) in [5.41, 5.74) is 0.895. The summed E-state index contributed by atoms with van der Waals surface area (Å²) in [6, 6.07) is 7.12. The number of amides is 1. The molecule has 3 rings (SSSR count). The van der Waals surface area contributed by atoms with Crippen LogP contribution in [-0.4, -0.2) is 38.1 Å². The summed E-state index contributed by atoms with van der Waals surface area (Å²) in [7, 11) is 2.49. The standard InChI is InChI=1S/C24H28N2O5/c1-30-23(28)19-14-9-10-16-26(21(19)24(29)31-2)20-15-8-7-13-18(20)22(27)25-17-11-5-3-4-6-12-17/h7-10,13-17H,3-6,11-12H2,1-2H3,(H,25,27). The van der Waals surface area contributed by atoms with Crippen molar-refractivity contribution in [1.82, 2.24) is 5.32 Å². The summed E-state index contributed by atoms with van der Waals surface area (Å²) >= 11 is 0. The van der Waals surface area contributed by atoms with Gasteiger partial charge in [0.05, 0.1) is 31.0 Å². The zero-order valence-electron chi connectivity index (χ0n) is 17.9. The molecule has 164 valence electrons. The molecule has 1 amide bonds. The SMILES string of the molecule is COC(=O)C1=C(C(=O)OC)N(c2ccccc2C(=O)NC2CCCCCC2)C=CC=C1. The smallest absolute Gasteiger partial charge is 0.355 e. The second kappa shape index (κ2) is 10.6. The molecule has 1 saturated carbocycles. The molecular weight excluding hydrogens is 396 g/mol. The minimum Gasteiger partial charge on any atom is -0.465 e. The van der Waals surface area contributed by atoms with E-state index in [-0.39, 0.29) is 23.2 Å². The lowest BCUT2D eigenvalue weighted by atomic mass is 10.1. The van der Waals surface area contributed by atoms with Crippen LogP contribution in [0.4, 0.5) is 5.69 Å². The third-order valence-corrected chi connectivity index (χ3v) is 5.49. The predicted molar refractivity (Wildman–Crippen MR) is 117 cm³/mol. The Kier molecular flexibility index (Phi) is 7.65. The maximum absolute atomic E-state index is 13.2. The largest absolute Gasteiger partial charge is 0.465 e. The van der Waals surface area contributed by atoms with Crippen LogP contribution in [-0.2, 0) is 19.1 Å². The van der Waals surface area contributed by atoms with E-state index in [1.54, 1.807) is 42.6 Å². The summed E-state index contributed by atoms with van der Waals surface area (Å²) in [4.78, 5) is 39.7. The van der Waals surface area contributed by atoms with Crippen LogP contribution in [0, 0.1) is 0 Å². The van der Waals surface area contributed by atoms with E-state index in [2.05, 4.69) is 5.32 Å². The molecule has 0 bridgehead atoms. The van der Waals surface area contributed by atoms with Gasteiger partial charge < -0.3 is 19.7 Å². The molecule has 0 unspecified atom stereocenters. The molecule has 7 nitrogen and oxygen atoms in total. The Labute approximate surface area is 182 Å². The van der Waals surface area contributed by atoms with Gasteiger partial charge in [-0.3, -0.25) is 4.79 Å². The Bertz CT molecular complexity index is 924. The van der Waals surface area contributed by atoms with Crippen LogP contribution in [0.2, 0.25) is 0 Å². The fourth-order valence-corrected chi connectivity index (χ4v) is 3.91. The van der Waals surface area contributed by atoms with Crippen molar-refractivity contribution in [2.45, 2.75) is 44.6 Å². The molecule has 1 aliphatic heterocycles. The minimum atomic E-state index is -0.712. The lowest BCUT2D eigenvalue weighted by Crippen LogP contribution is -2.36. The van der Waals surface area contributed by atoms with Gasteiger partial charge in [-0.2, -0.15) is 0 Å². The molecule has 1 heterocycles. The van der Waals surface area contributed by atoms with Gasteiger partial charge in [0.1, 0.15) is 5.70 Å². The van der Waals surface area contributed by atoms with Crippen molar-refractivity contribution in [3.63, 3.8) is 0 Å². The number of nitrogens with zero attached hydrogens (tertiary/aromatic N) is 1. The van der Waals surface area contributed by atoms with Gasteiger partial charge >= 0.3 is 11.9 Å². The van der Waals surface area contributed by atoms with E-state index in [1.165, 1.54) is 38.0 Å². The van der Waals surface area contributed by atoms with Gasteiger partial charge in [-0.1, -0.05) is 43.9 Å². The first-order valence-electron chi connectivity index (χ1n) is 10.5. The van der Waals surface area contributed by atoms with Gasteiger partial charge in [-0.15, -0.1) is 0 Å². The number of anilines is 1. The molecular formula is C24H28N2O5. The predicted octanol–water partition coefficient (Wildman–Crippen LogP) is 3.63. The number of methoxy groups -OCH3 is 2. The molecule has 2 aliphatic rings. The molecule has 0 atom stereocenters. The number of carbonyl (C=O) groups is 3. The molecule has 7 heteroatoms. The molecule has 0 aromatic heterocycles. The van der Waals surface area contributed by atoms with Crippen molar-refractivity contribution in [3.05, 3.63) is 65.5 Å². The molecule has 0 radical (unpaired) electrons.